The van der Waals surface area contributed by atoms with Crippen LogP contribution in [0, 0.1) is 0 Å². The summed E-state index contributed by atoms with van der Waals surface area (Å²) < 4.78 is 0. The van der Waals surface area contributed by atoms with E-state index < -0.39 is 0 Å². The van der Waals surface area contributed by atoms with Crippen molar-refractivity contribution in [2.75, 3.05) is 34.2 Å². The molecular formula is C10H24N2. The number of hydrogen-bond acceptors (Lipinski definition) is 2. The van der Waals surface area contributed by atoms with Crippen LogP contribution < -0.4 is 0 Å². The summed E-state index contributed by atoms with van der Waals surface area (Å²) in [5.41, 5.74) is 0. The number of hydrogen-bond donors (Lipinski definition) is 0. The fourth-order valence-corrected chi connectivity index (χ4v) is 1.63. The van der Waals surface area contributed by atoms with Crippen molar-refractivity contribution in [3.05, 3.63) is 0 Å². The second-order valence-electron chi connectivity index (χ2n) is 3.54. The Balaban J connectivity index is 0.000000561. The highest BCUT2D eigenvalue weighted by Gasteiger charge is 2.20. The van der Waals surface area contributed by atoms with Gasteiger partial charge in [0.2, 0.25) is 0 Å². The minimum Gasteiger partial charge on any atom is -0.308 e. The monoisotopic (exact) mass is 172 g/mol. The molecule has 0 saturated carbocycles. The lowest BCUT2D eigenvalue weighted by Gasteiger charge is -2.22. The number of rotatable bonds is 2. The third kappa shape index (κ3) is 4.07. The van der Waals surface area contributed by atoms with Gasteiger partial charge in [-0.25, -0.2) is 0 Å². The summed E-state index contributed by atoms with van der Waals surface area (Å²) in [5.74, 6) is 0. The fraction of sp³-hybridized carbons (Fsp3) is 1.00. The second-order valence-corrected chi connectivity index (χ2v) is 3.54. The van der Waals surface area contributed by atoms with E-state index in [1.807, 2.05) is 13.8 Å². The first-order chi connectivity index (χ1) is 5.70. The number of likely N-dealkylation sites (tertiary alicyclic amines) is 1. The lowest BCUT2D eigenvalue weighted by Crippen LogP contribution is -2.34. The first kappa shape index (κ1) is 11.9. The van der Waals surface area contributed by atoms with Crippen LogP contribution in [0.3, 0.4) is 0 Å². The molecule has 1 aliphatic heterocycles. The van der Waals surface area contributed by atoms with Crippen molar-refractivity contribution >= 4 is 0 Å². The minimum atomic E-state index is 0.815. The van der Waals surface area contributed by atoms with E-state index in [1.54, 1.807) is 0 Å². The van der Waals surface area contributed by atoms with Crippen molar-refractivity contribution in [2.24, 2.45) is 0 Å². The van der Waals surface area contributed by atoms with Crippen LogP contribution in [0.4, 0.5) is 0 Å². The molecule has 0 amide bonds. The fourth-order valence-electron chi connectivity index (χ4n) is 1.63. The van der Waals surface area contributed by atoms with E-state index >= 15 is 0 Å². The van der Waals surface area contributed by atoms with Gasteiger partial charge >= 0.3 is 0 Å². The maximum absolute atomic E-state index is 2.46. The zero-order chi connectivity index (χ0) is 9.56. The third-order valence-electron chi connectivity index (χ3n) is 2.25. The molecule has 1 heterocycles. The average molecular weight is 172 g/mol. The number of likely N-dealkylation sites (N-methyl/N-ethyl adjacent to an activating group) is 2. The van der Waals surface area contributed by atoms with Crippen molar-refractivity contribution in [1.82, 2.24) is 9.80 Å². The molecule has 2 nitrogen and oxygen atoms in total. The summed E-state index contributed by atoms with van der Waals surface area (Å²) in [6.07, 6.45) is 2.77. The summed E-state index contributed by atoms with van der Waals surface area (Å²) in [4.78, 5) is 4.73. The molecular weight excluding hydrogens is 148 g/mol. The maximum Gasteiger partial charge on any atom is 0.0220 e. The Morgan fingerprint density at radius 2 is 1.92 bits per heavy atom. The van der Waals surface area contributed by atoms with E-state index in [0.717, 1.165) is 6.04 Å². The molecule has 1 saturated heterocycles. The van der Waals surface area contributed by atoms with Crippen LogP contribution >= 0.6 is 0 Å². The van der Waals surface area contributed by atoms with Crippen molar-refractivity contribution in [3.8, 4) is 0 Å². The van der Waals surface area contributed by atoms with Gasteiger partial charge in [0, 0.05) is 12.6 Å². The number of nitrogens with zero attached hydrogens (tertiary/aromatic N) is 2. The summed E-state index contributed by atoms with van der Waals surface area (Å²) in [7, 11) is 6.51. The van der Waals surface area contributed by atoms with Crippen LogP contribution in [0.25, 0.3) is 0 Å². The molecule has 0 aromatic heterocycles. The molecule has 0 bridgehead atoms. The summed E-state index contributed by atoms with van der Waals surface area (Å²) in [6, 6.07) is 0.815. The molecule has 0 aromatic carbocycles. The second kappa shape index (κ2) is 6.44. The van der Waals surface area contributed by atoms with Crippen LogP contribution in [0.5, 0.6) is 0 Å². The van der Waals surface area contributed by atoms with Gasteiger partial charge in [-0.05, 0) is 40.5 Å². The molecule has 0 aromatic rings. The topological polar surface area (TPSA) is 6.48 Å². The van der Waals surface area contributed by atoms with Gasteiger partial charge in [0.25, 0.3) is 0 Å². The molecule has 74 valence electrons. The van der Waals surface area contributed by atoms with Crippen LogP contribution in [0.2, 0.25) is 0 Å². The van der Waals surface area contributed by atoms with E-state index in [-0.39, 0.29) is 0 Å². The van der Waals surface area contributed by atoms with Gasteiger partial charge in [-0.1, -0.05) is 13.8 Å². The molecule has 0 spiro atoms. The Morgan fingerprint density at radius 3 is 2.25 bits per heavy atom. The van der Waals surface area contributed by atoms with Crippen molar-refractivity contribution < 1.29 is 0 Å². The first-order valence-corrected chi connectivity index (χ1v) is 5.05. The van der Waals surface area contributed by atoms with Gasteiger partial charge < -0.3 is 9.80 Å². The van der Waals surface area contributed by atoms with E-state index in [1.165, 1.54) is 25.9 Å². The van der Waals surface area contributed by atoms with Gasteiger partial charge in [0.1, 0.15) is 0 Å². The lowest BCUT2D eigenvalue weighted by molar-refractivity contribution is 0.244. The van der Waals surface area contributed by atoms with Gasteiger partial charge in [-0.3, -0.25) is 0 Å². The molecule has 1 fully saturated rings. The SMILES string of the molecule is CC.CN(C)CC1CCCN1C. The van der Waals surface area contributed by atoms with E-state index in [0.29, 0.717) is 0 Å². The Kier molecular flexibility index (Phi) is 6.39. The Bertz CT molecular complexity index is 102. The molecule has 1 aliphatic rings. The highest BCUT2D eigenvalue weighted by Crippen LogP contribution is 2.14. The predicted octanol–water partition coefficient (Wildman–Crippen LogP) is 1.67. The van der Waals surface area contributed by atoms with Gasteiger partial charge in [0.05, 0.1) is 0 Å². The zero-order valence-corrected chi connectivity index (χ0v) is 9.30. The van der Waals surface area contributed by atoms with Crippen LogP contribution in [0.1, 0.15) is 26.7 Å². The van der Waals surface area contributed by atoms with E-state index in [9.17, 15) is 0 Å². The van der Waals surface area contributed by atoms with E-state index in [2.05, 4.69) is 30.9 Å². The Labute approximate surface area is 77.5 Å². The van der Waals surface area contributed by atoms with Crippen LogP contribution in [0.15, 0.2) is 0 Å². The summed E-state index contributed by atoms with van der Waals surface area (Å²) >= 11 is 0. The third-order valence-corrected chi connectivity index (χ3v) is 2.25. The molecule has 1 unspecified atom stereocenters. The van der Waals surface area contributed by atoms with Crippen molar-refractivity contribution in [2.45, 2.75) is 32.7 Å². The molecule has 2 heteroatoms. The zero-order valence-electron chi connectivity index (χ0n) is 9.30. The Hall–Kier alpha value is -0.0800. The highest BCUT2D eigenvalue weighted by molar-refractivity contribution is 4.77. The largest absolute Gasteiger partial charge is 0.308 e. The van der Waals surface area contributed by atoms with Crippen molar-refractivity contribution in [1.29, 1.82) is 0 Å². The quantitative estimate of drug-likeness (QED) is 0.625. The lowest BCUT2D eigenvalue weighted by atomic mass is 10.2. The standard InChI is InChI=1S/C8H18N2.C2H6/c1-9(2)7-8-5-4-6-10(8)3;1-2/h8H,4-7H2,1-3H3;1-2H3. The smallest absolute Gasteiger partial charge is 0.0220 e. The molecule has 1 rings (SSSR count). The molecule has 12 heavy (non-hydrogen) atoms. The van der Waals surface area contributed by atoms with Gasteiger partial charge in [-0.15, -0.1) is 0 Å². The summed E-state index contributed by atoms with van der Waals surface area (Å²) in [5, 5.41) is 0. The first-order valence-electron chi connectivity index (χ1n) is 5.05. The maximum atomic E-state index is 2.46. The molecule has 0 aliphatic carbocycles. The van der Waals surface area contributed by atoms with Crippen LogP contribution in [-0.4, -0.2) is 50.1 Å². The minimum absolute atomic E-state index is 0.815. The predicted molar refractivity (Wildman–Crippen MR) is 55.6 cm³/mol. The normalized spacial score (nSPS) is 24.0. The highest BCUT2D eigenvalue weighted by atomic mass is 15.2. The molecule has 1 atom stereocenters. The molecule has 0 radical (unpaired) electrons. The average Bonchev–Trinajstić information content (AvgIpc) is 2.40. The van der Waals surface area contributed by atoms with E-state index in [4.69, 9.17) is 0 Å². The Morgan fingerprint density at radius 1 is 1.33 bits per heavy atom. The van der Waals surface area contributed by atoms with Gasteiger partial charge in [0.15, 0.2) is 0 Å². The van der Waals surface area contributed by atoms with Crippen molar-refractivity contribution in [3.63, 3.8) is 0 Å². The van der Waals surface area contributed by atoms with Crippen LogP contribution in [-0.2, 0) is 0 Å². The van der Waals surface area contributed by atoms with Gasteiger partial charge in [-0.2, -0.15) is 0 Å². The summed E-state index contributed by atoms with van der Waals surface area (Å²) in [6.45, 7) is 6.51. The molecule has 0 N–H and O–H groups in total.